The fourth-order valence-electron chi connectivity index (χ4n) is 3.41. The lowest BCUT2D eigenvalue weighted by Crippen LogP contribution is -2.45. The van der Waals surface area contributed by atoms with Gasteiger partial charge in [0.1, 0.15) is 12.4 Å². The lowest BCUT2D eigenvalue weighted by molar-refractivity contribution is -0.116. The number of amides is 3. The number of rotatable bonds is 9. The summed E-state index contributed by atoms with van der Waals surface area (Å²) in [5.74, 6) is 0.241. The topological polar surface area (TPSA) is 88.5 Å². The minimum Gasteiger partial charge on any atom is -0.383 e. The van der Waals surface area contributed by atoms with Crippen molar-refractivity contribution in [2.24, 2.45) is 0 Å². The van der Waals surface area contributed by atoms with Crippen LogP contribution in [0.1, 0.15) is 37.6 Å². The van der Waals surface area contributed by atoms with Crippen molar-refractivity contribution in [2.75, 3.05) is 32.1 Å². The fourth-order valence-corrected chi connectivity index (χ4v) is 3.41. The van der Waals surface area contributed by atoms with E-state index >= 15 is 0 Å². The van der Waals surface area contributed by atoms with Gasteiger partial charge in [-0.1, -0.05) is 68.8 Å². The number of hydrogen-bond donors (Lipinski definition) is 2. The number of nitrogens with one attached hydrogen (secondary N) is 2. The zero-order chi connectivity index (χ0) is 25.4. The van der Waals surface area contributed by atoms with Gasteiger partial charge in [0.25, 0.3) is 0 Å². The van der Waals surface area contributed by atoms with E-state index in [4.69, 9.17) is 9.84 Å². The van der Waals surface area contributed by atoms with E-state index in [0.29, 0.717) is 19.0 Å². The highest BCUT2D eigenvalue weighted by Gasteiger charge is 2.23. The molecule has 0 unspecified atom stereocenters. The van der Waals surface area contributed by atoms with Crippen LogP contribution in [0, 0.1) is 6.92 Å². The van der Waals surface area contributed by atoms with Crippen molar-refractivity contribution in [1.82, 2.24) is 20.0 Å². The predicted octanol–water partition coefficient (Wildman–Crippen LogP) is 4.27. The average Bonchev–Trinajstić information content (AvgIpc) is 3.25. The molecule has 0 aliphatic rings. The molecule has 0 spiro atoms. The summed E-state index contributed by atoms with van der Waals surface area (Å²) >= 11 is 0. The van der Waals surface area contributed by atoms with Crippen molar-refractivity contribution < 1.29 is 14.3 Å². The summed E-state index contributed by atoms with van der Waals surface area (Å²) < 4.78 is 6.87. The van der Waals surface area contributed by atoms with Crippen LogP contribution in [0.15, 0.2) is 60.7 Å². The Labute approximate surface area is 207 Å². The SMILES string of the molecule is COCCN(CC(=O)Nc1cc(C(C)(C)C)nn1-c1ccc(C)cc1)C(=O)NCc1ccccc1. The van der Waals surface area contributed by atoms with Crippen LogP contribution in [0.25, 0.3) is 5.69 Å². The first-order valence-corrected chi connectivity index (χ1v) is 11.7. The number of carbonyl (C=O) groups is 2. The monoisotopic (exact) mass is 477 g/mol. The summed E-state index contributed by atoms with van der Waals surface area (Å²) in [4.78, 5) is 27.3. The van der Waals surface area contributed by atoms with Crippen molar-refractivity contribution >= 4 is 17.8 Å². The van der Waals surface area contributed by atoms with E-state index < -0.39 is 0 Å². The highest BCUT2D eigenvalue weighted by atomic mass is 16.5. The summed E-state index contributed by atoms with van der Waals surface area (Å²) in [5.41, 5.74) is 3.62. The zero-order valence-electron chi connectivity index (χ0n) is 21.2. The van der Waals surface area contributed by atoms with Gasteiger partial charge in [0, 0.05) is 31.7 Å². The van der Waals surface area contributed by atoms with Gasteiger partial charge in [0.15, 0.2) is 0 Å². The maximum Gasteiger partial charge on any atom is 0.318 e. The quantitative estimate of drug-likeness (QED) is 0.482. The molecule has 0 saturated heterocycles. The van der Waals surface area contributed by atoms with Gasteiger partial charge in [0.2, 0.25) is 5.91 Å². The van der Waals surface area contributed by atoms with Crippen LogP contribution in [0.2, 0.25) is 0 Å². The van der Waals surface area contributed by atoms with E-state index in [1.165, 1.54) is 4.90 Å². The third-order valence-electron chi connectivity index (χ3n) is 5.50. The lowest BCUT2D eigenvalue weighted by Gasteiger charge is -2.22. The third kappa shape index (κ3) is 7.42. The minimum absolute atomic E-state index is 0.117. The number of nitrogens with zero attached hydrogens (tertiary/aromatic N) is 3. The molecule has 0 saturated carbocycles. The Morgan fingerprint density at radius 2 is 1.74 bits per heavy atom. The molecule has 0 radical (unpaired) electrons. The molecule has 0 aliphatic carbocycles. The molecule has 186 valence electrons. The molecule has 1 aromatic heterocycles. The zero-order valence-corrected chi connectivity index (χ0v) is 21.2. The standard InChI is InChI=1S/C27H35N5O3/c1-20-11-13-22(14-12-20)32-24(17-23(30-32)27(2,3)4)29-25(33)19-31(15-16-35-5)26(34)28-18-21-9-7-6-8-10-21/h6-14,17H,15-16,18-19H2,1-5H3,(H,28,34)(H,29,33). The second kappa shape index (κ2) is 11.7. The van der Waals surface area contributed by atoms with Crippen molar-refractivity contribution in [3.8, 4) is 5.69 Å². The maximum absolute atomic E-state index is 13.0. The Bertz CT molecular complexity index is 1120. The van der Waals surface area contributed by atoms with Gasteiger partial charge in [-0.05, 0) is 24.6 Å². The van der Waals surface area contributed by atoms with Crippen molar-refractivity contribution in [1.29, 1.82) is 0 Å². The van der Waals surface area contributed by atoms with Crippen LogP contribution in [-0.4, -0.2) is 53.4 Å². The van der Waals surface area contributed by atoms with Crippen LogP contribution >= 0.6 is 0 Å². The molecule has 8 nitrogen and oxygen atoms in total. The van der Waals surface area contributed by atoms with E-state index in [-0.39, 0.29) is 30.4 Å². The predicted molar refractivity (Wildman–Crippen MR) is 138 cm³/mol. The van der Waals surface area contributed by atoms with Crippen LogP contribution < -0.4 is 10.6 Å². The van der Waals surface area contributed by atoms with E-state index in [1.807, 2.05) is 67.6 Å². The molecular formula is C27H35N5O3. The van der Waals surface area contributed by atoms with Crippen molar-refractivity contribution in [2.45, 2.75) is 39.7 Å². The summed E-state index contributed by atoms with van der Waals surface area (Å²) in [6.07, 6.45) is 0. The molecule has 2 N–H and O–H groups in total. The first-order chi connectivity index (χ1) is 16.7. The molecule has 35 heavy (non-hydrogen) atoms. The summed E-state index contributed by atoms with van der Waals surface area (Å²) in [5, 5.41) is 10.6. The molecule has 0 atom stereocenters. The number of anilines is 1. The van der Waals surface area contributed by atoms with Gasteiger partial charge in [-0.3, -0.25) is 4.79 Å². The first kappa shape index (κ1) is 26.0. The smallest absolute Gasteiger partial charge is 0.318 e. The molecule has 8 heteroatoms. The van der Waals surface area contributed by atoms with Gasteiger partial charge < -0.3 is 20.3 Å². The number of methoxy groups -OCH3 is 1. The molecule has 3 aromatic rings. The molecular weight excluding hydrogens is 442 g/mol. The number of aryl methyl sites for hydroxylation is 1. The van der Waals surface area contributed by atoms with Crippen molar-refractivity contribution in [3.63, 3.8) is 0 Å². The lowest BCUT2D eigenvalue weighted by atomic mass is 9.92. The Balaban J connectivity index is 1.75. The highest BCUT2D eigenvalue weighted by molar-refractivity contribution is 5.94. The number of urea groups is 1. The molecule has 3 amide bonds. The second-order valence-corrected chi connectivity index (χ2v) is 9.52. The van der Waals surface area contributed by atoms with Crippen molar-refractivity contribution in [3.05, 3.63) is 77.5 Å². The van der Waals surface area contributed by atoms with E-state index in [9.17, 15) is 9.59 Å². The summed E-state index contributed by atoms with van der Waals surface area (Å²) in [6, 6.07) is 19.1. The van der Waals surface area contributed by atoms with Gasteiger partial charge in [0.05, 0.1) is 18.0 Å². The summed E-state index contributed by atoms with van der Waals surface area (Å²) in [7, 11) is 1.56. The first-order valence-electron chi connectivity index (χ1n) is 11.7. The Morgan fingerprint density at radius 3 is 2.37 bits per heavy atom. The number of hydrogen-bond acceptors (Lipinski definition) is 4. The number of carbonyl (C=O) groups excluding carboxylic acids is 2. The number of benzene rings is 2. The van der Waals surface area contributed by atoms with E-state index in [1.54, 1.807) is 11.8 Å². The summed E-state index contributed by atoms with van der Waals surface area (Å²) in [6.45, 7) is 9.11. The minimum atomic E-state index is -0.330. The average molecular weight is 478 g/mol. The normalized spacial score (nSPS) is 11.2. The molecule has 2 aromatic carbocycles. The van der Waals surface area contributed by atoms with Gasteiger partial charge in [-0.15, -0.1) is 0 Å². The van der Waals surface area contributed by atoms with E-state index in [0.717, 1.165) is 22.5 Å². The molecule has 3 rings (SSSR count). The molecule has 0 bridgehead atoms. The number of ether oxygens (including phenoxy) is 1. The van der Waals surface area contributed by atoms with E-state index in [2.05, 4.69) is 31.4 Å². The largest absolute Gasteiger partial charge is 0.383 e. The van der Waals surface area contributed by atoms with Crippen LogP contribution in [0.3, 0.4) is 0 Å². The van der Waals surface area contributed by atoms with Gasteiger partial charge in [-0.25, -0.2) is 9.48 Å². The van der Waals surface area contributed by atoms with Crippen LogP contribution in [0.4, 0.5) is 10.6 Å². The van der Waals surface area contributed by atoms with Crippen LogP contribution in [-0.2, 0) is 21.5 Å². The fraction of sp³-hybridized carbons (Fsp3) is 0.370. The third-order valence-corrected chi connectivity index (χ3v) is 5.50. The number of aromatic nitrogens is 2. The Hall–Kier alpha value is -3.65. The van der Waals surface area contributed by atoms with Gasteiger partial charge >= 0.3 is 6.03 Å². The molecule has 0 aliphatic heterocycles. The molecule has 0 fully saturated rings. The second-order valence-electron chi connectivity index (χ2n) is 9.52. The van der Waals surface area contributed by atoms with Gasteiger partial charge in [-0.2, -0.15) is 5.10 Å². The molecule has 1 heterocycles. The maximum atomic E-state index is 13.0. The Morgan fingerprint density at radius 1 is 1.06 bits per heavy atom. The Kier molecular flexibility index (Phi) is 8.65. The van der Waals surface area contributed by atoms with Crippen LogP contribution in [0.5, 0.6) is 0 Å². The highest BCUT2D eigenvalue weighted by Crippen LogP contribution is 2.26.